The Morgan fingerprint density at radius 2 is 2.07 bits per heavy atom. The van der Waals surface area contributed by atoms with Crippen molar-refractivity contribution in [2.75, 3.05) is 6.61 Å². The number of imidazole rings is 1. The minimum Gasteiger partial charge on any atom is -0.379 e. The summed E-state index contributed by atoms with van der Waals surface area (Å²) in [5.41, 5.74) is 0.513. The van der Waals surface area contributed by atoms with Crippen molar-refractivity contribution in [3.63, 3.8) is 0 Å². The Bertz CT molecular complexity index is 1030. The SMILES string of the molecule is CC(C)OCCCn1c(SCc2ncc(Cl)n2C)nc2cc(Cl)ccc2c1=O. The van der Waals surface area contributed by atoms with Gasteiger partial charge in [-0.2, -0.15) is 0 Å². The van der Waals surface area contributed by atoms with Gasteiger partial charge in [-0.05, 0) is 38.5 Å². The van der Waals surface area contributed by atoms with Crippen LogP contribution in [0.25, 0.3) is 10.9 Å². The molecule has 0 aliphatic heterocycles. The Balaban J connectivity index is 1.91. The van der Waals surface area contributed by atoms with Crippen LogP contribution in [0.2, 0.25) is 10.2 Å². The topological polar surface area (TPSA) is 61.9 Å². The summed E-state index contributed by atoms with van der Waals surface area (Å²) in [7, 11) is 1.86. The van der Waals surface area contributed by atoms with Gasteiger partial charge in [0.05, 0.1) is 29.0 Å². The fraction of sp³-hybridized carbons (Fsp3) is 0.421. The third kappa shape index (κ3) is 4.89. The van der Waals surface area contributed by atoms with E-state index < -0.39 is 0 Å². The minimum atomic E-state index is -0.0772. The van der Waals surface area contributed by atoms with Gasteiger partial charge in [0.15, 0.2) is 5.16 Å². The summed E-state index contributed by atoms with van der Waals surface area (Å²) in [6, 6.07) is 5.15. The zero-order chi connectivity index (χ0) is 20.3. The van der Waals surface area contributed by atoms with E-state index in [0.717, 1.165) is 12.2 Å². The number of hydrogen-bond donors (Lipinski definition) is 0. The molecule has 3 rings (SSSR count). The van der Waals surface area contributed by atoms with Crippen LogP contribution in [-0.2, 0) is 24.1 Å². The molecule has 0 aliphatic rings. The lowest BCUT2D eigenvalue weighted by Crippen LogP contribution is -2.24. The number of thioether (sulfide) groups is 1. The van der Waals surface area contributed by atoms with Crippen LogP contribution >= 0.6 is 35.0 Å². The maximum absolute atomic E-state index is 13.1. The van der Waals surface area contributed by atoms with Gasteiger partial charge >= 0.3 is 0 Å². The number of nitrogens with zero attached hydrogens (tertiary/aromatic N) is 4. The quantitative estimate of drug-likeness (QED) is 0.292. The van der Waals surface area contributed by atoms with E-state index >= 15 is 0 Å². The van der Waals surface area contributed by atoms with Crippen molar-refractivity contribution in [3.8, 4) is 0 Å². The summed E-state index contributed by atoms with van der Waals surface area (Å²) >= 11 is 13.6. The van der Waals surface area contributed by atoms with Crippen LogP contribution in [0.5, 0.6) is 0 Å². The van der Waals surface area contributed by atoms with Crippen molar-refractivity contribution in [1.82, 2.24) is 19.1 Å². The predicted octanol–water partition coefficient (Wildman–Crippen LogP) is 4.54. The van der Waals surface area contributed by atoms with E-state index in [1.54, 1.807) is 29.0 Å². The van der Waals surface area contributed by atoms with Crippen molar-refractivity contribution in [3.05, 3.63) is 50.7 Å². The highest BCUT2D eigenvalue weighted by Crippen LogP contribution is 2.24. The van der Waals surface area contributed by atoms with Crippen LogP contribution in [0.4, 0.5) is 0 Å². The van der Waals surface area contributed by atoms with Gasteiger partial charge in [-0.3, -0.25) is 9.36 Å². The maximum atomic E-state index is 13.1. The summed E-state index contributed by atoms with van der Waals surface area (Å²) in [5, 5.41) is 2.30. The molecule has 6 nitrogen and oxygen atoms in total. The highest BCUT2D eigenvalue weighted by Gasteiger charge is 2.14. The van der Waals surface area contributed by atoms with Gasteiger partial charge in [0.1, 0.15) is 11.0 Å². The lowest BCUT2D eigenvalue weighted by Gasteiger charge is -2.14. The summed E-state index contributed by atoms with van der Waals surface area (Å²) in [4.78, 5) is 22.1. The number of hydrogen-bond acceptors (Lipinski definition) is 5. The zero-order valence-electron chi connectivity index (χ0n) is 16.0. The molecule has 0 bridgehead atoms. The Labute approximate surface area is 177 Å². The first kappa shape index (κ1) is 21.2. The number of benzene rings is 1. The van der Waals surface area contributed by atoms with E-state index in [1.165, 1.54) is 11.8 Å². The van der Waals surface area contributed by atoms with Gasteiger partial charge in [-0.25, -0.2) is 9.97 Å². The number of rotatable bonds is 8. The number of aromatic nitrogens is 4. The first-order valence-corrected chi connectivity index (χ1v) is 10.7. The first-order valence-electron chi connectivity index (χ1n) is 8.97. The molecule has 1 aromatic carbocycles. The van der Waals surface area contributed by atoms with Gasteiger partial charge < -0.3 is 9.30 Å². The molecule has 0 spiro atoms. The van der Waals surface area contributed by atoms with Gasteiger partial charge in [-0.15, -0.1) is 0 Å². The van der Waals surface area contributed by atoms with Crippen molar-refractivity contribution in [2.45, 2.75) is 43.8 Å². The minimum absolute atomic E-state index is 0.0772. The Morgan fingerprint density at radius 3 is 2.75 bits per heavy atom. The van der Waals surface area contributed by atoms with Gasteiger partial charge in [0.2, 0.25) is 0 Å². The van der Waals surface area contributed by atoms with Gasteiger partial charge in [-0.1, -0.05) is 35.0 Å². The Morgan fingerprint density at radius 1 is 1.29 bits per heavy atom. The molecule has 3 aromatic rings. The monoisotopic (exact) mass is 440 g/mol. The van der Waals surface area contributed by atoms with Crippen LogP contribution in [0.3, 0.4) is 0 Å². The third-order valence-electron chi connectivity index (χ3n) is 4.22. The highest BCUT2D eigenvalue weighted by molar-refractivity contribution is 7.98. The second kappa shape index (κ2) is 9.31. The van der Waals surface area contributed by atoms with Crippen LogP contribution in [0.15, 0.2) is 34.3 Å². The lowest BCUT2D eigenvalue weighted by molar-refractivity contribution is 0.0743. The molecule has 0 N–H and O–H groups in total. The fourth-order valence-electron chi connectivity index (χ4n) is 2.71. The molecule has 2 aromatic heterocycles. The molecular weight excluding hydrogens is 419 g/mol. The van der Waals surface area contributed by atoms with Gasteiger partial charge in [0, 0.05) is 25.2 Å². The molecular formula is C19H22Cl2N4O2S. The van der Waals surface area contributed by atoms with E-state index in [2.05, 4.69) is 4.98 Å². The highest BCUT2D eigenvalue weighted by atomic mass is 35.5. The van der Waals surface area contributed by atoms with Crippen molar-refractivity contribution >= 4 is 45.9 Å². The van der Waals surface area contributed by atoms with Crippen LogP contribution in [0.1, 0.15) is 26.1 Å². The zero-order valence-corrected chi connectivity index (χ0v) is 18.3. The van der Waals surface area contributed by atoms with E-state index in [4.69, 9.17) is 32.9 Å². The summed E-state index contributed by atoms with van der Waals surface area (Å²) in [5.74, 6) is 1.36. The van der Waals surface area contributed by atoms with Crippen LogP contribution < -0.4 is 5.56 Å². The van der Waals surface area contributed by atoms with E-state index in [9.17, 15) is 4.79 Å². The standard InChI is InChI=1S/C19H22Cl2N4O2S/c1-12(2)27-8-4-7-25-18(26)14-6-5-13(20)9-15(14)23-19(25)28-11-17-22-10-16(21)24(17)3/h5-6,9-10,12H,4,7-8,11H2,1-3H3. The van der Waals surface area contributed by atoms with Gasteiger partial charge in [0.25, 0.3) is 5.56 Å². The summed E-state index contributed by atoms with van der Waals surface area (Å²) in [6.45, 7) is 5.10. The van der Waals surface area contributed by atoms with E-state index in [-0.39, 0.29) is 11.7 Å². The molecule has 0 fully saturated rings. The van der Waals surface area contributed by atoms with Crippen molar-refractivity contribution in [2.24, 2.45) is 7.05 Å². The molecule has 0 aliphatic carbocycles. The van der Waals surface area contributed by atoms with Crippen LogP contribution in [-0.4, -0.2) is 31.8 Å². The molecule has 0 unspecified atom stereocenters. The van der Waals surface area contributed by atoms with E-state index in [0.29, 0.717) is 45.1 Å². The van der Waals surface area contributed by atoms with E-state index in [1.807, 2.05) is 25.5 Å². The molecule has 150 valence electrons. The smallest absolute Gasteiger partial charge is 0.262 e. The normalized spacial score (nSPS) is 11.6. The second-order valence-electron chi connectivity index (χ2n) is 6.63. The third-order valence-corrected chi connectivity index (χ3v) is 5.78. The van der Waals surface area contributed by atoms with Crippen LogP contribution in [0, 0.1) is 0 Å². The molecule has 0 saturated carbocycles. The average molecular weight is 441 g/mol. The first-order chi connectivity index (χ1) is 13.4. The molecule has 0 atom stereocenters. The molecule has 2 heterocycles. The average Bonchev–Trinajstić information content (AvgIpc) is 2.96. The molecule has 0 saturated heterocycles. The fourth-order valence-corrected chi connectivity index (χ4v) is 4.04. The summed E-state index contributed by atoms with van der Waals surface area (Å²) < 4.78 is 9.12. The second-order valence-corrected chi connectivity index (χ2v) is 8.40. The molecule has 28 heavy (non-hydrogen) atoms. The molecule has 0 amide bonds. The number of ether oxygens (including phenoxy) is 1. The molecule has 9 heteroatoms. The predicted molar refractivity (Wildman–Crippen MR) is 114 cm³/mol. The lowest BCUT2D eigenvalue weighted by atomic mass is 10.2. The maximum Gasteiger partial charge on any atom is 0.262 e. The Kier molecular flexibility index (Phi) is 7.04. The Hall–Kier alpha value is -1.54. The molecule has 0 radical (unpaired) electrons. The summed E-state index contributed by atoms with van der Waals surface area (Å²) in [6.07, 6.45) is 2.50. The van der Waals surface area contributed by atoms with Crippen molar-refractivity contribution in [1.29, 1.82) is 0 Å². The largest absolute Gasteiger partial charge is 0.379 e. The number of fused-ring (bicyclic) bond motifs is 1. The number of halogens is 2. The van der Waals surface area contributed by atoms with Crippen molar-refractivity contribution < 1.29 is 4.74 Å².